The number of ether oxygens (including phenoxy) is 1. The normalized spacial score (nSPS) is 10.7. The molecule has 0 radical (unpaired) electrons. The Morgan fingerprint density at radius 2 is 1.90 bits per heavy atom. The fraction of sp³-hybridized carbons (Fsp3) is 0.250. The molecule has 0 spiro atoms. The van der Waals surface area contributed by atoms with Crippen LogP contribution in [0.3, 0.4) is 0 Å². The predicted octanol–water partition coefficient (Wildman–Crippen LogP) is 2.47. The minimum Gasteiger partial charge on any atom is -0.490 e. The summed E-state index contributed by atoms with van der Waals surface area (Å²) in [6, 6.07) is 11.1. The smallest absolute Gasteiger partial charge is 0.261 e. The van der Waals surface area contributed by atoms with Gasteiger partial charge in [-0.15, -0.1) is 0 Å². The zero-order valence-electron chi connectivity index (χ0n) is 12.3. The van der Waals surface area contributed by atoms with Crippen LogP contribution in [0.4, 0.5) is 0 Å². The number of hydrogen-bond donors (Lipinski definition) is 1. The molecule has 0 atom stereocenters. The molecule has 0 aliphatic rings. The van der Waals surface area contributed by atoms with Crippen LogP contribution in [0.1, 0.15) is 19.4 Å². The van der Waals surface area contributed by atoms with Crippen LogP contribution in [0.5, 0.6) is 5.75 Å². The van der Waals surface area contributed by atoms with E-state index in [0.29, 0.717) is 5.56 Å². The van der Waals surface area contributed by atoms with E-state index in [2.05, 4.69) is 0 Å². The quantitative estimate of drug-likeness (QED) is 0.882. The lowest BCUT2D eigenvalue weighted by atomic mass is 10.1. The minimum absolute atomic E-state index is 0.0547. The van der Waals surface area contributed by atoms with Crippen molar-refractivity contribution in [1.29, 1.82) is 0 Å². The van der Waals surface area contributed by atoms with Gasteiger partial charge in [-0.3, -0.25) is 4.79 Å². The Kier molecular flexibility index (Phi) is 4.43. The molecule has 0 aliphatic carbocycles. The lowest BCUT2D eigenvalue weighted by Gasteiger charge is -2.16. The third kappa shape index (κ3) is 3.13. The van der Waals surface area contributed by atoms with Crippen molar-refractivity contribution < 1.29 is 4.74 Å². The molecular formula is C16H18N2O2S. The number of nitrogens with two attached hydrogens (primary N) is 1. The maximum absolute atomic E-state index is 12.3. The summed E-state index contributed by atoms with van der Waals surface area (Å²) in [5.74, 6) is 0.741. The summed E-state index contributed by atoms with van der Waals surface area (Å²) >= 11 is 4.89. The van der Waals surface area contributed by atoms with E-state index in [1.807, 2.05) is 44.2 Å². The summed E-state index contributed by atoms with van der Waals surface area (Å²) in [4.78, 5) is 12.4. The van der Waals surface area contributed by atoms with E-state index in [1.54, 1.807) is 13.1 Å². The SMILES string of the molecule is CC(C)Oc1ccccc1-c1ccc(C(N)=S)c(=O)n1C. The molecule has 2 rings (SSSR count). The number of benzene rings is 1. The zero-order chi connectivity index (χ0) is 15.6. The van der Waals surface area contributed by atoms with Crippen molar-refractivity contribution in [3.8, 4) is 17.0 Å². The molecule has 5 heteroatoms. The summed E-state index contributed by atoms with van der Waals surface area (Å²) in [5, 5.41) is 0. The van der Waals surface area contributed by atoms with E-state index in [4.69, 9.17) is 22.7 Å². The maximum atomic E-state index is 12.3. The summed E-state index contributed by atoms with van der Waals surface area (Å²) < 4.78 is 7.35. The van der Waals surface area contributed by atoms with Gasteiger partial charge < -0.3 is 15.0 Å². The van der Waals surface area contributed by atoms with Gasteiger partial charge >= 0.3 is 0 Å². The highest BCUT2D eigenvalue weighted by molar-refractivity contribution is 7.80. The highest BCUT2D eigenvalue weighted by Crippen LogP contribution is 2.29. The molecule has 2 aromatic rings. The molecule has 0 unspecified atom stereocenters. The molecule has 1 aromatic heterocycles. The van der Waals surface area contributed by atoms with Gasteiger partial charge in [0.25, 0.3) is 5.56 Å². The molecule has 1 heterocycles. The highest BCUT2D eigenvalue weighted by Gasteiger charge is 2.13. The van der Waals surface area contributed by atoms with Crippen LogP contribution in [0.2, 0.25) is 0 Å². The Bertz CT molecular complexity index is 735. The van der Waals surface area contributed by atoms with Crippen LogP contribution in [0.25, 0.3) is 11.3 Å². The number of nitrogens with zero attached hydrogens (tertiary/aromatic N) is 1. The van der Waals surface area contributed by atoms with Crippen molar-refractivity contribution in [3.63, 3.8) is 0 Å². The molecule has 0 saturated heterocycles. The molecular weight excluding hydrogens is 284 g/mol. The van der Waals surface area contributed by atoms with Crippen molar-refractivity contribution in [1.82, 2.24) is 4.57 Å². The molecule has 0 saturated carbocycles. The number of aromatic nitrogens is 1. The van der Waals surface area contributed by atoms with Gasteiger partial charge in [-0.2, -0.15) is 0 Å². The van der Waals surface area contributed by atoms with Crippen molar-refractivity contribution in [3.05, 3.63) is 52.3 Å². The largest absolute Gasteiger partial charge is 0.490 e. The first-order valence-electron chi connectivity index (χ1n) is 6.67. The molecule has 0 bridgehead atoms. The molecule has 110 valence electrons. The molecule has 4 nitrogen and oxygen atoms in total. The number of pyridine rings is 1. The first kappa shape index (κ1) is 15.3. The second-order valence-corrected chi connectivity index (χ2v) is 5.46. The van der Waals surface area contributed by atoms with Gasteiger partial charge in [-0.25, -0.2) is 0 Å². The minimum atomic E-state index is -0.209. The molecule has 1 aromatic carbocycles. The fourth-order valence-electron chi connectivity index (χ4n) is 2.13. The molecule has 0 fully saturated rings. The average molecular weight is 302 g/mol. The fourth-order valence-corrected chi connectivity index (χ4v) is 2.28. The monoisotopic (exact) mass is 302 g/mol. The Morgan fingerprint density at radius 3 is 2.52 bits per heavy atom. The first-order chi connectivity index (χ1) is 9.91. The number of hydrogen-bond acceptors (Lipinski definition) is 3. The van der Waals surface area contributed by atoms with E-state index < -0.39 is 0 Å². The van der Waals surface area contributed by atoms with Crippen LogP contribution in [0, 0.1) is 0 Å². The van der Waals surface area contributed by atoms with E-state index in [1.165, 1.54) is 4.57 Å². The first-order valence-corrected chi connectivity index (χ1v) is 7.08. The van der Waals surface area contributed by atoms with Crippen LogP contribution >= 0.6 is 12.2 Å². The average Bonchev–Trinajstić information content (AvgIpc) is 2.42. The summed E-state index contributed by atoms with van der Waals surface area (Å²) in [5.41, 5.74) is 7.32. The van der Waals surface area contributed by atoms with Crippen molar-refractivity contribution in [2.45, 2.75) is 20.0 Å². The highest BCUT2D eigenvalue weighted by atomic mass is 32.1. The van der Waals surface area contributed by atoms with Gasteiger partial charge in [-0.05, 0) is 38.1 Å². The summed E-state index contributed by atoms with van der Waals surface area (Å²) in [7, 11) is 1.70. The number of thiocarbonyl (C=S) groups is 1. The van der Waals surface area contributed by atoms with Gasteiger partial charge in [0.2, 0.25) is 0 Å². The Morgan fingerprint density at radius 1 is 1.24 bits per heavy atom. The van der Waals surface area contributed by atoms with Gasteiger partial charge in [0, 0.05) is 12.6 Å². The predicted molar refractivity (Wildman–Crippen MR) is 88.8 cm³/mol. The third-order valence-corrected chi connectivity index (χ3v) is 3.32. The number of para-hydroxylation sites is 1. The summed E-state index contributed by atoms with van der Waals surface area (Å²) in [6.07, 6.45) is 0.0547. The second kappa shape index (κ2) is 6.10. The van der Waals surface area contributed by atoms with E-state index in [-0.39, 0.29) is 16.7 Å². The van der Waals surface area contributed by atoms with E-state index in [0.717, 1.165) is 17.0 Å². The summed E-state index contributed by atoms with van der Waals surface area (Å²) in [6.45, 7) is 3.93. The van der Waals surface area contributed by atoms with Crippen molar-refractivity contribution in [2.24, 2.45) is 12.8 Å². The zero-order valence-corrected chi connectivity index (χ0v) is 13.1. The van der Waals surface area contributed by atoms with Crippen LogP contribution in [-0.2, 0) is 7.05 Å². The Balaban J connectivity index is 2.61. The maximum Gasteiger partial charge on any atom is 0.261 e. The third-order valence-electron chi connectivity index (χ3n) is 3.10. The van der Waals surface area contributed by atoms with Crippen LogP contribution in [-0.4, -0.2) is 15.7 Å². The van der Waals surface area contributed by atoms with Crippen LogP contribution < -0.4 is 16.0 Å². The number of rotatable bonds is 4. The molecule has 21 heavy (non-hydrogen) atoms. The van der Waals surface area contributed by atoms with Gasteiger partial charge in [-0.1, -0.05) is 24.4 Å². The molecule has 2 N–H and O–H groups in total. The van der Waals surface area contributed by atoms with Crippen LogP contribution in [0.15, 0.2) is 41.2 Å². The molecule has 0 aliphatic heterocycles. The molecule has 0 amide bonds. The van der Waals surface area contributed by atoms with E-state index in [9.17, 15) is 4.79 Å². The topological polar surface area (TPSA) is 57.2 Å². The van der Waals surface area contributed by atoms with E-state index >= 15 is 0 Å². The lowest BCUT2D eigenvalue weighted by molar-refractivity contribution is 0.243. The second-order valence-electron chi connectivity index (χ2n) is 5.02. The Hall–Kier alpha value is -2.14. The van der Waals surface area contributed by atoms with Gasteiger partial charge in [0.05, 0.1) is 17.4 Å². The van der Waals surface area contributed by atoms with Gasteiger partial charge in [0.15, 0.2) is 0 Å². The van der Waals surface area contributed by atoms with Gasteiger partial charge in [0.1, 0.15) is 10.7 Å². The standard InChI is InChI=1S/C16H18N2O2S/c1-10(2)20-14-7-5-4-6-11(14)13-9-8-12(15(17)21)16(19)18(13)3/h4-10H,1-3H3,(H2,17,21). The van der Waals surface area contributed by atoms with Crippen molar-refractivity contribution >= 4 is 17.2 Å². The lowest BCUT2D eigenvalue weighted by Crippen LogP contribution is -2.28. The van der Waals surface area contributed by atoms with Crippen molar-refractivity contribution in [2.75, 3.05) is 0 Å². The Labute approximate surface area is 129 Å².